The Bertz CT molecular complexity index is 1960. The third-order valence-corrected chi connectivity index (χ3v) is 6.98. The van der Waals surface area contributed by atoms with E-state index in [0.717, 1.165) is 22.1 Å². The van der Waals surface area contributed by atoms with Crippen molar-refractivity contribution in [1.29, 1.82) is 0 Å². The lowest BCUT2D eigenvalue weighted by Crippen LogP contribution is -1.97. The highest BCUT2D eigenvalue weighted by molar-refractivity contribution is 6.28. The van der Waals surface area contributed by atoms with Crippen molar-refractivity contribution < 1.29 is 0 Å². The zero-order chi connectivity index (χ0) is 24.8. The lowest BCUT2D eigenvalue weighted by Gasteiger charge is -2.12. The van der Waals surface area contributed by atoms with Crippen LogP contribution in [0.2, 0.25) is 5.28 Å². The number of nitrogens with zero attached hydrogens (tertiary/aromatic N) is 3. The molecule has 0 fully saturated rings. The number of halogens is 1. The molecule has 1 heterocycles. The van der Waals surface area contributed by atoms with Crippen LogP contribution in [0.25, 0.3) is 66.2 Å². The van der Waals surface area contributed by atoms with Crippen molar-refractivity contribution in [3.05, 3.63) is 127 Å². The Morgan fingerprint density at radius 2 is 1.03 bits per heavy atom. The molecule has 0 aliphatic heterocycles. The number of rotatable bonds is 3. The van der Waals surface area contributed by atoms with Gasteiger partial charge in [-0.15, -0.1) is 0 Å². The molecule has 0 radical (unpaired) electrons. The van der Waals surface area contributed by atoms with E-state index in [1.54, 1.807) is 0 Å². The minimum Gasteiger partial charge on any atom is -0.208 e. The van der Waals surface area contributed by atoms with E-state index in [1.807, 2.05) is 30.3 Å². The topological polar surface area (TPSA) is 38.7 Å². The van der Waals surface area contributed by atoms with Crippen LogP contribution < -0.4 is 0 Å². The summed E-state index contributed by atoms with van der Waals surface area (Å²) >= 11 is 6.41. The van der Waals surface area contributed by atoms with Gasteiger partial charge in [0.1, 0.15) is 0 Å². The number of hydrogen-bond acceptors (Lipinski definition) is 3. The maximum Gasteiger partial charge on any atom is 0.226 e. The zero-order valence-electron chi connectivity index (χ0n) is 19.8. The molecule has 7 rings (SSSR count). The first kappa shape index (κ1) is 21.7. The largest absolute Gasteiger partial charge is 0.226 e. The third kappa shape index (κ3) is 3.90. The first-order valence-corrected chi connectivity index (χ1v) is 12.5. The number of aromatic nitrogens is 3. The van der Waals surface area contributed by atoms with Gasteiger partial charge in [-0.05, 0) is 73.2 Å². The van der Waals surface area contributed by atoms with Crippen molar-refractivity contribution in [3.8, 4) is 33.9 Å². The summed E-state index contributed by atoms with van der Waals surface area (Å²) in [5.74, 6) is 1.11. The van der Waals surface area contributed by atoms with Gasteiger partial charge in [-0.3, -0.25) is 0 Å². The molecule has 174 valence electrons. The van der Waals surface area contributed by atoms with Crippen LogP contribution in [0.5, 0.6) is 0 Å². The minimum atomic E-state index is 0.176. The predicted octanol–water partition coefficient (Wildman–Crippen LogP) is 8.99. The smallest absolute Gasteiger partial charge is 0.208 e. The Hall–Kier alpha value is -4.60. The SMILES string of the molecule is Clc1nc(-c2cccc(-c3cc4ccccc4c4ccccc34)c2)nc(-c2ccc3ccccc3c2)n1. The summed E-state index contributed by atoms with van der Waals surface area (Å²) in [6.07, 6.45) is 0. The molecule has 0 unspecified atom stereocenters. The second-order valence-electron chi connectivity index (χ2n) is 9.09. The first-order valence-electron chi connectivity index (χ1n) is 12.1. The van der Waals surface area contributed by atoms with Gasteiger partial charge < -0.3 is 0 Å². The van der Waals surface area contributed by atoms with Crippen molar-refractivity contribution in [2.24, 2.45) is 0 Å². The molecule has 1 aromatic heterocycles. The van der Waals surface area contributed by atoms with Gasteiger partial charge in [0.25, 0.3) is 0 Å². The second-order valence-corrected chi connectivity index (χ2v) is 9.42. The third-order valence-electron chi connectivity index (χ3n) is 6.82. The molecular formula is C33H20ClN3. The normalized spacial score (nSPS) is 11.4. The van der Waals surface area contributed by atoms with Gasteiger partial charge >= 0.3 is 0 Å². The van der Waals surface area contributed by atoms with Crippen LogP contribution in [0.3, 0.4) is 0 Å². The van der Waals surface area contributed by atoms with Crippen LogP contribution in [0.1, 0.15) is 0 Å². The fourth-order valence-corrected chi connectivity index (χ4v) is 5.22. The molecule has 6 aromatic carbocycles. The van der Waals surface area contributed by atoms with Gasteiger partial charge in [-0.1, -0.05) is 103 Å². The molecule has 0 aliphatic carbocycles. The van der Waals surface area contributed by atoms with Crippen molar-refractivity contribution >= 4 is 43.9 Å². The molecular weight excluding hydrogens is 474 g/mol. The second kappa shape index (κ2) is 8.81. The van der Waals surface area contributed by atoms with Crippen molar-refractivity contribution in [1.82, 2.24) is 15.0 Å². The molecule has 0 atom stereocenters. The van der Waals surface area contributed by atoms with Crippen LogP contribution in [0.15, 0.2) is 121 Å². The van der Waals surface area contributed by atoms with E-state index < -0.39 is 0 Å². The Balaban J connectivity index is 1.37. The van der Waals surface area contributed by atoms with E-state index in [-0.39, 0.29) is 5.28 Å². The molecule has 0 N–H and O–H groups in total. The Morgan fingerprint density at radius 3 is 1.84 bits per heavy atom. The number of benzene rings is 6. The van der Waals surface area contributed by atoms with E-state index in [0.29, 0.717) is 11.6 Å². The monoisotopic (exact) mass is 493 g/mol. The fourth-order valence-electron chi connectivity index (χ4n) is 5.06. The summed E-state index contributed by atoms with van der Waals surface area (Å²) in [5.41, 5.74) is 4.07. The van der Waals surface area contributed by atoms with Crippen LogP contribution in [0, 0.1) is 0 Å². The lowest BCUT2D eigenvalue weighted by atomic mass is 9.92. The molecule has 0 aliphatic rings. The van der Waals surface area contributed by atoms with Crippen molar-refractivity contribution in [2.45, 2.75) is 0 Å². The van der Waals surface area contributed by atoms with E-state index in [2.05, 4.69) is 101 Å². The van der Waals surface area contributed by atoms with Crippen molar-refractivity contribution in [3.63, 3.8) is 0 Å². The maximum atomic E-state index is 6.41. The molecule has 3 nitrogen and oxygen atoms in total. The number of hydrogen-bond donors (Lipinski definition) is 0. The molecule has 7 aromatic rings. The van der Waals surface area contributed by atoms with E-state index in [4.69, 9.17) is 16.6 Å². The van der Waals surface area contributed by atoms with Gasteiger partial charge in [0, 0.05) is 11.1 Å². The highest BCUT2D eigenvalue weighted by Gasteiger charge is 2.13. The summed E-state index contributed by atoms with van der Waals surface area (Å²) in [4.78, 5) is 13.7. The summed E-state index contributed by atoms with van der Waals surface area (Å²) < 4.78 is 0. The average molecular weight is 494 g/mol. The van der Waals surface area contributed by atoms with Crippen LogP contribution in [-0.4, -0.2) is 15.0 Å². The highest BCUT2D eigenvalue weighted by atomic mass is 35.5. The first-order chi connectivity index (χ1) is 18.2. The average Bonchev–Trinajstić information content (AvgIpc) is 2.96. The van der Waals surface area contributed by atoms with Crippen LogP contribution >= 0.6 is 11.6 Å². The summed E-state index contributed by atoms with van der Waals surface area (Å²) in [6.45, 7) is 0. The van der Waals surface area contributed by atoms with Gasteiger partial charge in [-0.25, -0.2) is 4.98 Å². The van der Waals surface area contributed by atoms with Crippen LogP contribution in [-0.2, 0) is 0 Å². The molecule has 37 heavy (non-hydrogen) atoms. The van der Waals surface area contributed by atoms with E-state index >= 15 is 0 Å². The molecule has 0 bridgehead atoms. The van der Waals surface area contributed by atoms with Gasteiger partial charge in [0.15, 0.2) is 11.6 Å². The summed E-state index contributed by atoms with van der Waals surface area (Å²) in [7, 11) is 0. The van der Waals surface area contributed by atoms with Crippen molar-refractivity contribution in [2.75, 3.05) is 0 Å². The number of fused-ring (bicyclic) bond motifs is 4. The maximum absolute atomic E-state index is 6.41. The lowest BCUT2D eigenvalue weighted by molar-refractivity contribution is 1.07. The quantitative estimate of drug-likeness (QED) is 0.230. The molecule has 0 saturated carbocycles. The van der Waals surface area contributed by atoms with Gasteiger partial charge in [0.2, 0.25) is 5.28 Å². The van der Waals surface area contributed by atoms with E-state index in [9.17, 15) is 0 Å². The molecule has 0 amide bonds. The zero-order valence-corrected chi connectivity index (χ0v) is 20.5. The minimum absolute atomic E-state index is 0.176. The van der Waals surface area contributed by atoms with Gasteiger partial charge in [0.05, 0.1) is 0 Å². The van der Waals surface area contributed by atoms with Crippen LogP contribution in [0.4, 0.5) is 0 Å². The standard InChI is InChI=1S/C33H20ClN3/c34-33-36-31(35-32(37-33)26-17-16-21-8-1-2-9-22(21)18-26)25-12-7-11-23(19-25)30-20-24-10-3-4-13-27(24)28-14-5-6-15-29(28)30/h1-20H. The fraction of sp³-hybridized carbons (Fsp3) is 0. The predicted molar refractivity (Wildman–Crippen MR) is 154 cm³/mol. The summed E-state index contributed by atoms with van der Waals surface area (Å²) in [6, 6.07) is 42.1. The Kier molecular flexibility index (Phi) is 5.16. The molecule has 4 heteroatoms. The molecule has 0 spiro atoms. The van der Waals surface area contributed by atoms with Gasteiger partial charge in [-0.2, -0.15) is 9.97 Å². The Labute approximate surface area is 219 Å². The summed E-state index contributed by atoms with van der Waals surface area (Å²) in [5, 5.41) is 7.39. The highest BCUT2D eigenvalue weighted by Crippen LogP contribution is 2.36. The Morgan fingerprint density at radius 1 is 0.405 bits per heavy atom. The van der Waals surface area contributed by atoms with E-state index in [1.165, 1.54) is 32.5 Å². The molecule has 0 saturated heterocycles.